The van der Waals surface area contributed by atoms with E-state index in [1.165, 1.54) is 0 Å². The van der Waals surface area contributed by atoms with Gasteiger partial charge in [-0.15, -0.1) is 0 Å². The van der Waals surface area contributed by atoms with Gasteiger partial charge >= 0.3 is 0 Å². The normalized spacial score (nSPS) is 16.0. The average Bonchev–Trinajstić information content (AvgIpc) is 3.21. The summed E-state index contributed by atoms with van der Waals surface area (Å²) in [5.41, 5.74) is 1.59. The summed E-state index contributed by atoms with van der Waals surface area (Å²) in [5.74, 6) is 0.302. The van der Waals surface area contributed by atoms with E-state index >= 15 is 0 Å². The highest BCUT2D eigenvalue weighted by atomic mass is 16.5. The highest BCUT2D eigenvalue weighted by Crippen LogP contribution is 2.16. The third-order valence-electron chi connectivity index (χ3n) is 4.32. The predicted molar refractivity (Wildman–Crippen MR) is 103 cm³/mol. The van der Waals surface area contributed by atoms with E-state index in [9.17, 15) is 9.59 Å². The lowest BCUT2D eigenvalue weighted by Crippen LogP contribution is -2.31. The van der Waals surface area contributed by atoms with Crippen molar-refractivity contribution in [3.05, 3.63) is 59.7 Å². The fourth-order valence-corrected chi connectivity index (χ4v) is 2.92. The van der Waals surface area contributed by atoms with Crippen LogP contribution in [-0.4, -0.2) is 37.7 Å². The van der Waals surface area contributed by atoms with Gasteiger partial charge in [-0.05, 0) is 62.2 Å². The Bertz CT molecular complexity index is 783. The second-order valence-electron chi connectivity index (χ2n) is 6.34. The largest absolute Gasteiger partial charge is 0.494 e. The van der Waals surface area contributed by atoms with E-state index in [0.29, 0.717) is 30.0 Å². The number of carbonyl (C=O) groups is 2. The SMILES string of the molecule is CCOc1ccc(C(=O)Nc2cccc(C(=O)NC[C@H]3CCCO3)c2)cc1. The standard InChI is InChI=1S/C21H24N2O4/c1-2-26-18-10-8-15(9-11-18)21(25)23-17-6-3-5-16(13-17)20(24)22-14-19-7-4-12-27-19/h3,5-6,8-11,13,19H,2,4,7,12,14H2,1H3,(H,22,24)(H,23,25)/t19-/m1/s1. The van der Waals surface area contributed by atoms with Crippen LogP contribution in [0.2, 0.25) is 0 Å². The maximum Gasteiger partial charge on any atom is 0.255 e. The van der Waals surface area contributed by atoms with Gasteiger partial charge in [-0.25, -0.2) is 0 Å². The van der Waals surface area contributed by atoms with Crippen LogP contribution in [0.3, 0.4) is 0 Å². The van der Waals surface area contributed by atoms with Crippen LogP contribution in [0.15, 0.2) is 48.5 Å². The minimum atomic E-state index is -0.241. The molecule has 2 amide bonds. The highest BCUT2D eigenvalue weighted by molar-refractivity contribution is 6.05. The van der Waals surface area contributed by atoms with Crippen molar-refractivity contribution in [3.63, 3.8) is 0 Å². The molecule has 0 bridgehead atoms. The molecule has 3 rings (SSSR count). The molecule has 1 aliphatic rings. The van der Waals surface area contributed by atoms with Crippen LogP contribution in [0.1, 0.15) is 40.5 Å². The smallest absolute Gasteiger partial charge is 0.255 e. The topological polar surface area (TPSA) is 76.7 Å². The minimum absolute atomic E-state index is 0.0940. The second-order valence-corrected chi connectivity index (χ2v) is 6.34. The summed E-state index contributed by atoms with van der Waals surface area (Å²) < 4.78 is 10.9. The number of anilines is 1. The third kappa shape index (κ3) is 5.31. The molecule has 1 heterocycles. The van der Waals surface area contributed by atoms with Crippen molar-refractivity contribution >= 4 is 17.5 Å². The van der Waals surface area contributed by atoms with E-state index in [2.05, 4.69) is 10.6 Å². The van der Waals surface area contributed by atoms with Gasteiger partial charge in [-0.3, -0.25) is 9.59 Å². The molecule has 1 fully saturated rings. The number of ether oxygens (including phenoxy) is 2. The summed E-state index contributed by atoms with van der Waals surface area (Å²) >= 11 is 0. The number of benzene rings is 2. The average molecular weight is 368 g/mol. The van der Waals surface area contributed by atoms with E-state index in [1.54, 1.807) is 48.5 Å². The molecular weight excluding hydrogens is 344 g/mol. The van der Waals surface area contributed by atoms with Gasteiger partial charge in [0.2, 0.25) is 0 Å². The van der Waals surface area contributed by atoms with Crippen LogP contribution in [0.5, 0.6) is 5.75 Å². The van der Waals surface area contributed by atoms with Crippen molar-refractivity contribution in [2.45, 2.75) is 25.9 Å². The molecule has 1 saturated heterocycles. The van der Waals surface area contributed by atoms with E-state index < -0.39 is 0 Å². The number of rotatable bonds is 7. The first-order valence-electron chi connectivity index (χ1n) is 9.20. The first-order chi connectivity index (χ1) is 13.2. The molecule has 0 unspecified atom stereocenters. The summed E-state index contributed by atoms with van der Waals surface area (Å²) in [7, 11) is 0. The Morgan fingerprint density at radius 1 is 1.11 bits per heavy atom. The summed E-state index contributed by atoms with van der Waals surface area (Å²) in [6.45, 7) is 3.74. The molecular formula is C21H24N2O4. The molecule has 0 radical (unpaired) electrons. The van der Waals surface area contributed by atoms with Gasteiger partial charge in [0.15, 0.2) is 0 Å². The van der Waals surface area contributed by atoms with Crippen LogP contribution >= 0.6 is 0 Å². The fourth-order valence-electron chi connectivity index (χ4n) is 2.92. The summed E-state index contributed by atoms with van der Waals surface area (Å²) in [5, 5.41) is 5.70. The minimum Gasteiger partial charge on any atom is -0.494 e. The Balaban J connectivity index is 1.59. The zero-order valence-corrected chi connectivity index (χ0v) is 15.4. The maximum absolute atomic E-state index is 12.4. The fraction of sp³-hybridized carbons (Fsp3) is 0.333. The second kappa shape index (κ2) is 9.19. The lowest BCUT2D eigenvalue weighted by atomic mass is 10.1. The molecule has 2 aromatic rings. The van der Waals surface area contributed by atoms with Crippen LogP contribution in [0, 0.1) is 0 Å². The molecule has 0 aromatic heterocycles. The lowest BCUT2D eigenvalue weighted by Gasteiger charge is -2.12. The van der Waals surface area contributed by atoms with Crippen LogP contribution in [0.4, 0.5) is 5.69 Å². The molecule has 142 valence electrons. The Labute approximate surface area is 158 Å². The lowest BCUT2D eigenvalue weighted by molar-refractivity contribution is 0.0857. The molecule has 27 heavy (non-hydrogen) atoms. The van der Waals surface area contributed by atoms with Crippen molar-refractivity contribution in [3.8, 4) is 5.75 Å². The molecule has 2 N–H and O–H groups in total. The first-order valence-corrected chi connectivity index (χ1v) is 9.20. The van der Waals surface area contributed by atoms with E-state index in [-0.39, 0.29) is 17.9 Å². The van der Waals surface area contributed by atoms with Gasteiger partial charge in [0.25, 0.3) is 11.8 Å². The van der Waals surface area contributed by atoms with Gasteiger partial charge in [-0.2, -0.15) is 0 Å². The molecule has 6 heteroatoms. The molecule has 0 spiro atoms. The number of hydrogen-bond acceptors (Lipinski definition) is 4. The van der Waals surface area contributed by atoms with Crippen molar-refractivity contribution in [2.75, 3.05) is 25.1 Å². The highest BCUT2D eigenvalue weighted by Gasteiger charge is 2.17. The quantitative estimate of drug-likeness (QED) is 0.787. The summed E-state index contributed by atoms with van der Waals surface area (Å²) in [6, 6.07) is 13.8. The van der Waals surface area contributed by atoms with Crippen LogP contribution in [0.25, 0.3) is 0 Å². The number of amides is 2. The van der Waals surface area contributed by atoms with E-state index in [0.717, 1.165) is 25.2 Å². The van der Waals surface area contributed by atoms with E-state index in [4.69, 9.17) is 9.47 Å². The number of nitrogens with one attached hydrogen (secondary N) is 2. The zero-order chi connectivity index (χ0) is 19.1. The van der Waals surface area contributed by atoms with Crippen molar-refractivity contribution in [1.82, 2.24) is 5.32 Å². The van der Waals surface area contributed by atoms with Gasteiger partial charge in [0, 0.05) is 30.0 Å². The number of carbonyl (C=O) groups excluding carboxylic acids is 2. The Hall–Kier alpha value is -2.86. The molecule has 0 aliphatic carbocycles. The molecule has 1 atom stereocenters. The van der Waals surface area contributed by atoms with Crippen LogP contribution < -0.4 is 15.4 Å². The van der Waals surface area contributed by atoms with Gasteiger partial charge in [0.1, 0.15) is 5.75 Å². The van der Waals surface area contributed by atoms with Gasteiger partial charge in [-0.1, -0.05) is 6.07 Å². The molecule has 6 nitrogen and oxygen atoms in total. The Kier molecular flexibility index (Phi) is 6.44. The van der Waals surface area contributed by atoms with Gasteiger partial charge in [0.05, 0.1) is 12.7 Å². The first kappa shape index (κ1) is 18.9. The Morgan fingerprint density at radius 2 is 1.93 bits per heavy atom. The van der Waals surface area contributed by atoms with Crippen molar-refractivity contribution < 1.29 is 19.1 Å². The Morgan fingerprint density at radius 3 is 2.63 bits per heavy atom. The molecule has 0 saturated carbocycles. The number of hydrogen-bond donors (Lipinski definition) is 2. The maximum atomic E-state index is 12.4. The zero-order valence-electron chi connectivity index (χ0n) is 15.4. The third-order valence-corrected chi connectivity index (χ3v) is 4.32. The molecule has 1 aliphatic heterocycles. The van der Waals surface area contributed by atoms with Crippen LogP contribution in [-0.2, 0) is 4.74 Å². The summed E-state index contributed by atoms with van der Waals surface area (Å²) in [6.07, 6.45) is 2.10. The van der Waals surface area contributed by atoms with E-state index in [1.807, 2.05) is 6.92 Å². The van der Waals surface area contributed by atoms with Crippen molar-refractivity contribution in [1.29, 1.82) is 0 Å². The van der Waals surface area contributed by atoms with Gasteiger partial charge < -0.3 is 20.1 Å². The predicted octanol–water partition coefficient (Wildman–Crippen LogP) is 3.25. The molecule has 2 aromatic carbocycles. The van der Waals surface area contributed by atoms with Crippen molar-refractivity contribution in [2.24, 2.45) is 0 Å². The monoisotopic (exact) mass is 368 g/mol. The summed E-state index contributed by atoms with van der Waals surface area (Å²) in [4.78, 5) is 24.7.